The van der Waals surface area contributed by atoms with Crippen molar-refractivity contribution in [2.24, 2.45) is 5.92 Å². The monoisotopic (exact) mass is 527 g/mol. The Morgan fingerprint density at radius 2 is 2.00 bits per heavy atom. The molecule has 1 amide bonds. The highest BCUT2D eigenvalue weighted by molar-refractivity contribution is 6.12. The quantitative estimate of drug-likeness (QED) is 0.378. The third kappa shape index (κ3) is 3.01. The molecule has 1 spiro atoms. The second kappa shape index (κ2) is 7.86. The topological polar surface area (TPSA) is 115 Å². The zero-order valence-electron chi connectivity index (χ0n) is 22.0. The van der Waals surface area contributed by atoms with Crippen molar-refractivity contribution in [3.05, 3.63) is 58.8 Å². The number of ketones is 1. The van der Waals surface area contributed by atoms with Gasteiger partial charge in [0, 0.05) is 35.3 Å². The van der Waals surface area contributed by atoms with Crippen molar-refractivity contribution < 1.29 is 24.5 Å². The Morgan fingerprint density at radius 1 is 1.15 bits per heavy atom. The lowest BCUT2D eigenvalue weighted by Crippen LogP contribution is -2.78. The van der Waals surface area contributed by atoms with Crippen LogP contribution in [0.25, 0.3) is 10.9 Å². The van der Waals surface area contributed by atoms with E-state index < -0.39 is 17.1 Å². The summed E-state index contributed by atoms with van der Waals surface area (Å²) in [5, 5.41) is 27.4. The Morgan fingerprint density at radius 3 is 2.79 bits per heavy atom. The summed E-state index contributed by atoms with van der Waals surface area (Å²) in [7, 11) is 0. The first kappa shape index (κ1) is 23.5. The largest absolute Gasteiger partial charge is 0.504 e. The van der Waals surface area contributed by atoms with Gasteiger partial charge >= 0.3 is 0 Å². The molecule has 8 heteroatoms. The summed E-state index contributed by atoms with van der Waals surface area (Å²) in [6.45, 7) is 3.41. The van der Waals surface area contributed by atoms with Crippen LogP contribution in [0.5, 0.6) is 11.5 Å². The first-order valence-electron chi connectivity index (χ1n) is 14.2. The fourth-order valence-electron chi connectivity index (χ4n) is 8.51. The molecule has 2 aliphatic heterocycles. The van der Waals surface area contributed by atoms with E-state index in [9.17, 15) is 19.8 Å². The second-order valence-corrected chi connectivity index (χ2v) is 12.4. The van der Waals surface area contributed by atoms with Crippen LogP contribution in [-0.4, -0.2) is 68.7 Å². The van der Waals surface area contributed by atoms with E-state index >= 15 is 0 Å². The summed E-state index contributed by atoms with van der Waals surface area (Å²) in [6, 6.07) is 8.76. The number of aliphatic hydroxyl groups is 1. The Balaban J connectivity index is 1.18. The number of nitrogens with zero attached hydrogens (tertiary/aromatic N) is 1. The van der Waals surface area contributed by atoms with Crippen molar-refractivity contribution in [3.8, 4) is 11.5 Å². The van der Waals surface area contributed by atoms with Gasteiger partial charge in [0.15, 0.2) is 17.3 Å². The average Bonchev–Trinajstić information content (AvgIpc) is 3.49. The molecule has 0 unspecified atom stereocenters. The highest BCUT2D eigenvalue weighted by atomic mass is 16.5. The maximum absolute atomic E-state index is 13.7. The minimum absolute atomic E-state index is 0.00439. The van der Waals surface area contributed by atoms with Gasteiger partial charge in [-0.2, -0.15) is 0 Å². The molecule has 3 aliphatic carbocycles. The van der Waals surface area contributed by atoms with Crippen LogP contribution in [0, 0.1) is 5.92 Å². The highest BCUT2D eigenvalue weighted by Gasteiger charge is 2.73. The molecule has 2 saturated carbocycles. The van der Waals surface area contributed by atoms with Crippen LogP contribution in [0.3, 0.4) is 0 Å². The molecule has 39 heavy (non-hydrogen) atoms. The molecule has 4 N–H and O–H groups in total. The Labute approximate surface area is 226 Å². The number of aromatic amines is 1. The van der Waals surface area contributed by atoms with Gasteiger partial charge in [-0.3, -0.25) is 14.5 Å². The number of piperidine rings is 1. The van der Waals surface area contributed by atoms with E-state index in [0.29, 0.717) is 35.2 Å². The van der Waals surface area contributed by atoms with Crippen LogP contribution in [0.4, 0.5) is 0 Å². The summed E-state index contributed by atoms with van der Waals surface area (Å²) in [5.41, 5.74) is 2.08. The standard InChI is InChI=1S/C31H33N3O5/c1-16(35)21-14-32-26-19(21)3-2-4-20(26)29(37)33-22-9-10-31(38)24-13-18-7-8-23(36)27-25(18)30(31,28(22)39-27)11-12-34(24)15-17-5-6-17/h2-4,7-8,14,17,22,24,28,32,36,38H,5-6,9-13,15H2,1H3,(H,33,37)/t22-,24+,28-,30-,31+/m0/s1. The number of hydrogen-bond donors (Lipinski definition) is 4. The number of benzene rings is 2. The number of amides is 1. The first-order chi connectivity index (χ1) is 18.8. The normalized spacial score (nSPS) is 32.5. The molecule has 2 aromatic carbocycles. The maximum Gasteiger partial charge on any atom is 0.253 e. The van der Waals surface area contributed by atoms with Crippen molar-refractivity contribution in [1.82, 2.24) is 15.2 Å². The number of ether oxygens (including phenoxy) is 1. The maximum atomic E-state index is 13.7. The van der Waals surface area contributed by atoms with E-state index in [1.165, 1.54) is 19.8 Å². The number of carbonyl (C=O) groups excluding carboxylic acids is 2. The predicted octanol–water partition coefficient (Wildman–Crippen LogP) is 3.44. The molecule has 3 heterocycles. The number of phenols is 1. The van der Waals surface area contributed by atoms with Gasteiger partial charge in [-0.15, -0.1) is 0 Å². The van der Waals surface area contributed by atoms with E-state index in [2.05, 4.69) is 15.2 Å². The van der Waals surface area contributed by atoms with Crippen molar-refractivity contribution in [1.29, 1.82) is 0 Å². The van der Waals surface area contributed by atoms with E-state index in [-0.39, 0.29) is 29.5 Å². The number of Topliss-reactive ketones (excluding diaryl/α,β-unsaturated/α-hetero) is 1. The lowest BCUT2D eigenvalue weighted by Gasteiger charge is -2.64. The lowest BCUT2D eigenvalue weighted by atomic mass is 9.48. The number of nitrogens with one attached hydrogen (secondary N) is 2. The first-order valence-corrected chi connectivity index (χ1v) is 14.2. The third-order valence-electron chi connectivity index (χ3n) is 10.4. The number of phenolic OH excluding ortho intramolecular Hbond substituents is 1. The summed E-state index contributed by atoms with van der Waals surface area (Å²) in [5.74, 6) is 0.995. The summed E-state index contributed by atoms with van der Waals surface area (Å²) < 4.78 is 6.58. The zero-order chi connectivity index (χ0) is 26.7. The molecular formula is C31H33N3O5. The smallest absolute Gasteiger partial charge is 0.253 e. The van der Waals surface area contributed by atoms with Crippen LogP contribution in [0.2, 0.25) is 0 Å². The Bertz CT molecular complexity index is 1560. The summed E-state index contributed by atoms with van der Waals surface area (Å²) in [6.07, 6.45) is 6.30. The van der Waals surface area contributed by atoms with Crippen molar-refractivity contribution in [3.63, 3.8) is 0 Å². The number of aromatic nitrogens is 1. The SMILES string of the molecule is CC(=O)c1c[nH]c2c(C(=O)N[C@H]3CC[C@@]4(O)[C@H]5Cc6ccc(O)c7c6[C@@]4(CCN5CC4CC4)[C@H]3O7)cccc12. The molecule has 5 aliphatic rings. The van der Waals surface area contributed by atoms with Crippen LogP contribution in [-0.2, 0) is 11.8 Å². The summed E-state index contributed by atoms with van der Waals surface area (Å²) in [4.78, 5) is 31.4. The van der Waals surface area contributed by atoms with Gasteiger partial charge in [0.25, 0.3) is 5.91 Å². The van der Waals surface area contributed by atoms with Gasteiger partial charge in [-0.25, -0.2) is 0 Å². The van der Waals surface area contributed by atoms with Gasteiger partial charge in [0.1, 0.15) is 6.10 Å². The Kier molecular flexibility index (Phi) is 4.74. The molecule has 202 valence electrons. The molecule has 8 nitrogen and oxygen atoms in total. The molecule has 5 atom stereocenters. The highest BCUT2D eigenvalue weighted by Crippen LogP contribution is 2.65. The van der Waals surface area contributed by atoms with Crippen LogP contribution in [0.15, 0.2) is 36.5 Å². The van der Waals surface area contributed by atoms with E-state index in [4.69, 9.17) is 4.74 Å². The molecule has 0 radical (unpaired) electrons. The molecular weight excluding hydrogens is 494 g/mol. The van der Waals surface area contributed by atoms with Gasteiger partial charge in [0.2, 0.25) is 0 Å². The van der Waals surface area contributed by atoms with Crippen LogP contribution < -0.4 is 10.1 Å². The molecule has 8 rings (SSSR count). The molecule has 3 fully saturated rings. The molecule has 2 bridgehead atoms. The second-order valence-electron chi connectivity index (χ2n) is 12.4. The number of hydrogen-bond acceptors (Lipinski definition) is 6. The number of fused-ring (bicyclic) bond motifs is 1. The van der Waals surface area contributed by atoms with Gasteiger partial charge in [0.05, 0.1) is 28.1 Å². The average molecular weight is 528 g/mol. The Hall–Kier alpha value is -3.36. The number of para-hydroxylation sites is 1. The molecule has 3 aromatic rings. The van der Waals surface area contributed by atoms with Crippen molar-refractivity contribution in [2.45, 2.75) is 74.7 Å². The predicted molar refractivity (Wildman–Crippen MR) is 144 cm³/mol. The third-order valence-corrected chi connectivity index (χ3v) is 10.4. The minimum Gasteiger partial charge on any atom is -0.504 e. The number of rotatable bonds is 5. The summed E-state index contributed by atoms with van der Waals surface area (Å²) >= 11 is 0. The number of likely N-dealkylation sites (tertiary alicyclic amines) is 1. The number of carbonyl (C=O) groups is 2. The van der Waals surface area contributed by atoms with Gasteiger partial charge in [-0.05, 0) is 75.6 Å². The van der Waals surface area contributed by atoms with Crippen LogP contribution in [0.1, 0.15) is 70.9 Å². The zero-order valence-corrected chi connectivity index (χ0v) is 22.0. The lowest BCUT2D eigenvalue weighted by molar-refractivity contribution is -0.191. The van der Waals surface area contributed by atoms with E-state index in [0.717, 1.165) is 48.4 Å². The van der Waals surface area contributed by atoms with E-state index in [1.807, 2.05) is 12.1 Å². The molecule has 1 saturated heterocycles. The van der Waals surface area contributed by atoms with Crippen molar-refractivity contribution >= 4 is 22.6 Å². The number of H-pyrrole nitrogens is 1. The van der Waals surface area contributed by atoms with E-state index in [1.54, 1.807) is 24.4 Å². The fraction of sp³-hybridized carbons (Fsp3) is 0.484. The fourth-order valence-corrected chi connectivity index (χ4v) is 8.51. The van der Waals surface area contributed by atoms with Crippen LogP contribution >= 0.6 is 0 Å². The van der Waals surface area contributed by atoms with Gasteiger partial charge < -0.3 is 25.3 Å². The minimum atomic E-state index is -0.992. The van der Waals surface area contributed by atoms with Crippen molar-refractivity contribution in [2.75, 3.05) is 13.1 Å². The number of aromatic hydroxyl groups is 1. The van der Waals surface area contributed by atoms with Gasteiger partial charge in [-0.1, -0.05) is 18.2 Å². The molecule has 1 aromatic heterocycles.